The number of hydrogen-bond acceptors (Lipinski definition) is 9. The summed E-state index contributed by atoms with van der Waals surface area (Å²) in [7, 11) is 0. The number of piperazine rings is 1. The lowest BCUT2D eigenvalue weighted by Gasteiger charge is -2.43. The number of amides is 1. The number of aliphatic hydroxyl groups is 3. The van der Waals surface area contributed by atoms with Gasteiger partial charge in [0.1, 0.15) is 29.0 Å². The molecule has 0 spiro atoms. The highest BCUT2D eigenvalue weighted by Crippen LogP contribution is 2.38. The van der Waals surface area contributed by atoms with Gasteiger partial charge in [-0.15, -0.1) is 0 Å². The van der Waals surface area contributed by atoms with Crippen LogP contribution in [0.15, 0.2) is 36.4 Å². The first-order valence-electron chi connectivity index (χ1n) is 17.7. The molecule has 0 bridgehead atoms. The van der Waals surface area contributed by atoms with E-state index in [-0.39, 0.29) is 29.9 Å². The smallest absolute Gasteiger partial charge is 0.247 e. The van der Waals surface area contributed by atoms with Gasteiger partial charge in [-0.05, 0) is 100 Å². The number of hydrogen-bond donors (Lipinski definition) is 6. The van der Waals surface area contributed by atoms with Crippen LogP contribution in [0.4, 0.5) is 0 Å². The molecule has 2 saturated heterocycles. The fourth-order valence-corrected chi connectivity index (χ4v) is 6.69. The fraction of sp³-hybridized carbons (Fsp3) is 0.605. The van der Waals surface area contributed by atoms with Crippen molar-refractivity contribution in [3.63, 3.8) is 0 Å². The highest BCUT2D eigenvalue weighted by atomic mass is 16.5. The SMILES string of the molecule is CCCc1cc(O)c([C@@H]2O[C@H](CO)C[C@H](O)[C@H]2O)cc1Cc1ccc(/C=C/C(C)(C)[NH+]([O-])NC(C)(C)C(=O)N2CCN(CC)CC2)cc1C. The standard InChI is InChI=1S/C38H58N4O7/c1-8-10-28-22-32(44)31(35-34(46)33(45)23-30(24-43)49-35)21-29(28)20-27-12-11-26(19-25(27)3)13-14-37(4,5)42(48)39-38(6,7)36(47)41-17-15-40(9-2)16-18-41/h11-14,19,21-22,30,33-35,39,42-46H,8-10,15-18,20,23-24H2,1-7H3/b14-13+/t30-,33-,34+,35-/m0/s1. The molecule has 2 aliphatic heterocycles. The van der Waals surface area contributed by atoms with E-state index in [1.807, 2.05) is 50.0 Å². The van der Waals surface area contributed by atoms with Crippen LogP contribution in [-0.2, 0) is 22.4 Å². The second-order valence-electron chi connectivity index (χ2n) is 14.8. The number of aryl methyl sites for hydroxylation is 2. The number of nitrogens with one attached hydrogen (secondary N) is 2. The number of rotatable bonds is 13. The molecule has 0 saturated carbocycles. The molecule has 4 rings (SSSR count). The molecule has 0 aliphatic carbocycles. The molecule has 272 valence electrons. The van der Waals surface area contributed by atoms with Gasteiger partial charge in [0.05, 0.1) is 18.8 Å². The molecule has 1 amide bonds. The molecule has 2 aliphatic rings. The first-order valence-corrected chi connectivity index (χ1v) is 17.7. The predicted octanol–water partition coefficient (Wildman–Crippen LogP) is 2.41. The Bertz CT molecular complexity index is 1450. The van der Waals surface area contributed by atoms with E-state index >= 15 is 0 Å². The van der Waals surface area contributed by atoms with Crippen molar-refractivity contribution in [3.8, 4) is 5.75 Å². The molecule has 49 heavy (non-hydrogen) atoms. The molecule has 11 nitrogen and oxygen atoms in total. The van der Waals surface area contributed by atoms with Crippen molar-refractivity contribution in [2.45, 2.75) is 110 Å². The molecule has 2 heterocycles. The van der Waals surface area contributed by atoms with Crippen LogP contribution in [0.3, 0.4) is 0 Å². The van der Waals surface area contributed by atoms with E-state index in [1.54, 1.807) is 19.9 Å². The van der Waals surface area contributed by atoms with Crippen LogP contribution in [0.5, 0.6) is 5.75 Å². The Hall–Kier alpha value is -2.87. The van der Waals surface area contributed by atoms with E-state index in [2.05, 4.69) is 36.3 Å². The predicted molar refractivity (Wildman–Crippen MR) is 191 cm³/mol. The number of benzene rings is 2. The van der Waals surface area contributed by atoms with Crippen LogP contribution >= 0.6 is 0 Å². The topological polar surface area (TPSA) is 153 Å². The van der Waals surface area contributed by atoms with E-state index < -0.39 is 35.5 Å². The number of aromatic hydroxyl groups is 1. The van der Waals surface area contributed by atoms with Gasteiger partial charge in [-0.1, -0.05) is 44.5 Å². The molecule has 2 fully saturated rings. The Kier molecular flexibility index (Phi) is 13.1. The molecule has 11 heteroatoms. The summed E-state index contributed by atoms with van der Waals surface area (Å²) >= 11 is 0. The first-order chi connectivity index (χ1) is 23.1. The largest absolute Gasteiger partial charge is 0.612 e. The number of nitrogens with zero attached hydrogens (tertiary/aromatic N) is 2. The van der Waals surface area contributed by atoms with Gasteiger partial charge in [0.15, 0.2) is 0 Å². The molecule has 1 unspecified atom stereocenters. The number of ether oxygens (including phenoxy) is 1. The second-order valence-corrected chi connectivity index (χ2v) is 14.8. The van der Waals surface area contributed by atoms with E-state index in [0.717, 1.165) is 60.3 Å². The van der Waals surface area contributed by atoms with Gasteiger partial charge in [0, 0.05) is 38.2 Å². The molecular weight excluding hydrogens is 624 g/mol. The van der Waals surface area contributed by atoms with Crippen molar-refractivity contribution in [2.75, 3.05) is 39.3 Å². The molecule has 6 N–H and O–H groups in total. The minimum atomic E-state index is -1.23. The number of likely N-dealkylation sites (N-methyl/N-ethyl adjacent to an activating group) is 1. The zero-order valence-corrected chi connectivity index (χ0v) is 30.3. The summed E-state index contributed by atoms with van der Waals surface area (Å²) in [5, 5.41) is 54.9. The summed E-state index contributed by atoms with van der Waals surface area (Å²) in [6.07, 6.45) is 2.23. The molecule has 0 aromatic heterocycles. The number of phenols is 1. The second kappa shape index (κ2) is 16.4. The van der Waals surface area contributed by atoms with Gasteiger partial charge in [-0.3, -0.25) is 9.97 Å². The summed E-state index contributed by atoms with van der Waals surface area (Å²) < 4.78 is 5.90. The Morgan fingerprint density at radius 2 is 1.76 bits per heavy atom. The highest BCUT2D eigenvalue weighted by Gasteiger charge is 2.40. The lowest BCUT2D eigenvalue weighted by atomic mass is 9.87. The van der Waals surface area contributed by atoms with Gasteiger partial charge >= 0.3 is 0 Å². The first kappa shape index (κ1) is 38.9. The summed E-state index contributed by atoms with van der Waals surface area (Å²) in [6.45, 7) is 17.1. The molecule has 2 aromatic carbocycles. The summed E-state index contributed by atoms with van der Waals surface area (Å²) in [6, 6.07) is 9.71. The van der Waals surface area contributed by atoms with Crippen LogP contribution in [0.2, 0.25) is 0 Å². The lowest BCUT2D eigenvalue weighted by molar-refractivity contribution is -0.942. The van der Waals surface area contributed by atoms with Crippen molar-refractivity contribution in [2.24, 2.45) is 0 Å². The Morgan fingerprint density at radius 3 is 2.37 bits per heavy atom. The third-order valence-electron chi connectivity index (χ3n) is 10.0. The minimum Gasteiger partial charge on any atom is -0.612 e. The maximum atomic E-state index is 13.4. The van der Waals surface area contributed by atoms with Crippen molar-refractivity contribution >= 4 is 12.0 Å². The van der Waals surface area contributed by atoms with Crippen molar-refractivity contribution in [1.29, 1.82) is 0 Å². The van der Waals surface area contributed by atoms with Crippen molar-refractivity contribution < 1.29 is 35.1 Å². The number of phenolic OH excluding ortho intramolecular Hbond substituents is 1. The summed E-state index contributed by atoms with van der Waals surface area (Å²) in [5.74, 6) is -0.0757. The van der Waals surface area contributed by atoms with Crippen molar-refractivity contribution in [3.05, 3.63) is 75.0 Å². The molecule has 5 atom stereocenters. The minimum absolute atomic E-state index is 0.00605. The Labute approximate surface area is 291 Å². The van der Waals surface area contributed by atoms with E-state index in [4.69, 9.17) is 4.74 Å². The van der Waals surface area contributed by atoms with Gasteiger partial charge in [-0.25, -0.2) is 0 Å². The van der Waals surface area contributed by atoms with Gasteiger partial charge < -0.3 is 40.2 Å². The number of hydroxylamine groups is 1. The fourth-order valence-electron chi connectivity index (χ4n) is 6.69. The average Bonchev–Trinajstić information content (AvgIpc) is 3.06. The van der Waals surface area contributed by atoms with Crippen LogP contribution in [0, 0.1) is 12.1 Å². The number of carbonyl (C=O) groups excluding carboxylic acids is 1. The average molecular weight is 683 g/mol. The van der Waals surface area contributed by atoms with Crippen LogP contribution < -0.4 is 10.6 Å². The number of aliphatic hydroxyl groups excluding tert-OH is 3. The zero-order valence-electron chi connectivity index (χ0n) is 30.3. The Balaban J connectivity index is 1.48. The van der Waals surface area contributed by atoms with E-state index in [9.17, 15) is 30.4 Å². The van der Waals surface area contributed by atoms with E-state index in [0.29, 0.717) is 25.1 Å². The van der Waals surface area contributed by atoms with Crippen molar-refractivity contribution in [1.82, 2.24) is 15.2 Å². The van der Waals surface area contributed by atoms with Gasteiger partial charge in [0.25, 0.3) is 0 Å². The monoisotopic (exact) mass is 682 g/mol. The Morgan fingerprint density at radius 1 is 1.06 bits per heavy atom. The van der Waals surface area contributed by atoms with Crippen LogP contribution in [0.1, 0.15) is 93.9 Å². The summed E-state index contributed by atoms with van der Waals surface area (Å²) in [4.78, 5) is 17.5. The number of quaternary nitrogens is 1. The maximum Gasteiger partial charge on any atom is 0.247 e. The molecule has 0 radical (unpaired) electrons. The highest BCUT2D eigenvalue weighted by molar-refractivity contribution is 5.85. The van der Waals surface area contributed by atoms with Crippen LogP contribution in [0.25, 0.3) is 6.08 Å². The quantitative estimate of drug-likeness (QED) is 0.175. The maximum absolute atomic E-state index is 13.4. The molecule has 2 aromatic rings. The zero-order chi connectivity index (χ0) is 36.1. The summed E-state index contributed by atoms with van der Waals surface area (Å²) in [5.41, 5.74) is 6.56. The molecular formula is C38H58N4O7. The number of carbonyl (C=O) groups is 1. The van der Waals surface area contributed by atoms with Gasteiger partial charge in [-0.2, -0.15) is 5.43 Å². The third kappa shape index (κ3) is 9.47. The normalized spacial score (nSPS) is 23.3. The van der Waals surface area contributed by atoms with Gasteiger partial charge in [0.2, 0.25) is 5.91 Å². The van der Waals surface area contributed by atoms with E-state index in [1.165, 1.54) is 0 Å². The van der Waals surface area contributed by atoms with Crippen LogP contribution in [-0.4, -0.2) is 105 Å². The lowest BCUT2D eigenvalue weighted by Crippen LogP contribution is -3.22. The third-order valence-corrected chi connectivity index (χ3v) is 10.0.